The minimum Gasteiger partial charge on any atom is -0.298 e. The molecule has 2 heterocycles. The minimum absolute atomic E-state index is 0.556. The topological polar surface area (TPSA) is 47.8 Å². The molecule has 0 aliphatic rings. The number of carbonyl (C=O) groups is 1. The van der Waals surface area contributed by atoms with Crippen LogP contribution in [0.3, 0.4) is 0 Å². The Morgan fingerprint density at radius 2 is 2.31 bits per heavy atom. The van der Waals surface area contributed by atoms with E-state index in [0.29, 0.717) is 11.4 Å². The summed E-state index contributed by atoms with van der Waals surface area (Å²) >= 11 is 0. The van der Waals surface area contributed by atoms with Crippen LogP contribution >= 0.6 is 0 Å². The van der Waals surface area contributed by atoms with Crippen molar-refractivity contribution in [2.75, 3.05) is 0 Å². The van der Waals surface area contributed by atoms with Crippen LogP contribution in [-0.4, -0.2) is 20.8 Å². The number of aldehydes is 1. The second-order valence-electron chi connectivity index (χ2n) is 2.50. The molecule has 64 valence electrons. The average Bonchev–Trinajstić information content (AvgIpc) is 2.70. The summed E-state index contributed by atoms with van der Waals surface area (Å²) in [6.45, 7) is 0. The van der Waals surface area contributed by atoms with E-state index < -0.39 is 0 Å². The van der Waals surface area contributed by atoms with Gasteiger partial charge in [-0.15, -0.1) is 0 Å². The first-order chi connectivity index (χ1) is 6.42. The van der Waals surface area contributed by atoms with E-state index in [4.69, 9.17) is 0 Å². The van der Waals surface area contributed by atoms with Crippen molar-refractivity contribution in [1.29, 1.82) is 0 Å². The number of rotatable bonds is 2. The Balaban J connectivity index is 2.57. The van der Waals surface area contributed by atoms with Crippen LogP contribution in [0.1, 0.15) is 10.4 Å². The van der Waals surface area contributed by atoms with Gasteiger partial charge in [0.1, 0.15) is 12.1 Å². The molecule has 0 fully saturated rings. The predicted molar refractivity (Wildman–Crippen MR) is 46.7 cm³/mol. The first-order valence-corrected chi connectivity index (χ1v) is 3.80. The van der Waals surface area contributed by atoms with Crippen LogP contribution < -0.4 is 0 Å². The van der Waals surface area contributed by atoms with Crippen molar-refractivity contribution in [3.63, 3.8) is 0 Å². The van der Waals surface area contributed by atoms with Crippen LogP contribution in [0.4, 0.5) is 0 Å². The van der Waals surface area contributed by atoms with Gasteiger partial charge in [0.05, 0.1) is 5.56 Å². The van der Waals surface area contributed by atoms with Crippen LogP contribution in [0.2, 0.25) is 0 Å². The van der Waals surface area contributed by atoms with E-state index >= 15 is 0 Å². The third-order valence-corrected chi connectivity index (χ3v) is 1.69. The molecule has 0 N–H and O–H groups in total. The Hall–Kier alpha value is -1.97. The summed E-state index contributed by atoms with van der Waals surface area (Å²) in [5, 5.41) is 0. The maximum Gasteiger partial charge on any atom is 0.153 e. The highest BCUT2D eigenvalue weighted by molar-refractivity contribution is 5.79. The van der Waals surface area contributed by atoms with Gasteiger partial charge in [0.15, 0.2) is 6.29 Å². The van der Waals surface area contributed by atoms with Crippen LogP contribution in [0.5, 0.6) is 0 Å². The lowest BCUT2D eigenvalue weighted by molar-refractivity contribution is 0.112. The smallest absolute Gasteiger partial charge is 0.153 e. The van der Waals surface area contributed by atoms with Gasteiger partial charge in [0.25, 0.3) is 0 Å². The number of hydrogen-bond donors (Lipinski definition) is 0. The molecule has 13 heavy (non-hydrogen) atoms. The second kappa shape index (κ2) is 3.18. The molecule has 2 aromatic heterocycles. The van der Waals surface area contributed by atoms with Gasteiger partial charge >= 0.3 is 0 Å². The molecule has 0 aliphatic carbocycles. The molecule has 2 rings (SSSR count). The number of imidazole rings is 1. The summed E-state index contributed by atoms with van der Waals surface area (Å²) in [6.07, 6.45) is 7.42. The zero-order chi connectivity index (χ0) is 9.10. The van der Waals surface area contributed by atoms with Gasteiger partial charge in [-0.25, -0.2) is 9.97 Å². The number of carbonyl (C=O) groups excluding carboxylic acids is 1. The lowest BCUT2D eigenvalue weighted by Gasteiger charge is -2.01. The van der Waals surface area contributed by atoms with Crippen LogP contribution in [0.15, 0.2) is 37.1 Å². The van der Waals surface area contributed by atoms with Crippen molar-refractivity contribution in [2.24, 2.45) is 0 Å². The second-order valence-corrected chi connectivity index (χ2v) is 2.50. The largest absolute Gasteiger partial charge is 0.298 e. The maximum absolute atomic E-state index is 10.6. The van der Waals surface area contributed by atoms with Crippen molar-refractivity contribution in [2.45, 2.75) is 0 Å². The Labute approximate surface area is 74.9 Å². The van der Waals surface area contributed by atoms with E-state index in [1.54, 1.807) is 41.6 Å². The Morgan fingerprint density at radius 1 is 1.38 bits per heavy atom. The summed E-state index contributed by atoms with van der Waals surface area (Å²) in [5.74, 6) is 0.606. The van der Waals surface area contributed by atoms with E-state index in [0.717, 1.165) is 6.29 Å². The van der Waals surface area contributed by atoms with Crippen molar-refractivity contribution >= 4 is 6.29 Å². The molecular formula is C9H7N3O. The van der Waals surface area contributed by atoms with Crippen molar-refractivity contribution in [3.05, 3.63) is 42.6 Å². The molecule has 0 unspecified atom stereocenters. The van der Waals surface area contributed by atoms with E-state index in [1.165, 1.54) is 0 Å². The van der Waals surface area contributed by atoms with Gasteiger partial charge in [-0.05, 0) is 12.1 Å². The summed E-state index contributed by atoms with van der Waals surface area (Å²) in [7, 11) is 0. The highest BCUT2D eigenvalue weighted by atomic mass is 16.1. The molecule has 0 spiro atoms. The quantitative estimate of drug-likeness (QED) is 0.638. The maximum atomic E-state index is 10.6. The van der Waals surface area contributed by atoms with Gasteiger partial charge in [-0.1, -0.05) is 0 Å². The van der Waals surface area contributed by atoms with E-state index in [9.17, 15) is 4.79 Å². The van der Waals surface area contributed by atoms with Gasteiger partial charge in [-0.2, -0.15) is 0 Å². The highest BCUT2D eigenvalue weighted by Gasteiger charge is 2.02. The molecule has 0 bridgehead atoms. The van der Waals surface area contributed by atoms with Crippen LogP contribution in [-0.2, 0) is 0 Å². The average molecular weight is 173 g/mol. The fourth-order valence-corrected chi connectivity index (χ4v) is 1.10. The third kappa shape index (κ3) is 1.33. The molecule has 0 atom stereocenters. The van der Waals surface area contributed by atoms with Crippen molar-refractivity contribution in [3.8, 4) is 5.82 Å². The summed E-state index contributed by atoms with van der Waals surface area (Å²) in [4.78, 5) is 18.6. The van der Waals surface area contributed by atoms with Crippen molar-refractivity contribution < 1.29 is 4.79 Å². The first-order valence-electron chi connectivity index (χ1n) is 3.80. The monoisotopic (exact) mass is 173 g/mol. The molecule has 0 saturated carbocycles. The molecular weight excluding hydrogens is 166 g/mol. The standard InChI is InChI=1S/C9H7N3O/c13-6-8-2-1-3-11-9(8)12-5-4-10-7-12/h1-7H. The fourth-order valence-electron chi connectivity index (χ4n) is 1.10. The number of aromatic nitrogens is 3. The Bertz CT molecular complexity index is 409. The van der Waals surface area contributed by atoms with Crippen LogP contribution in [0, 0.1) is 0 Å². The molecule has 4 nitrogen and oxygen atoms in total. The fraction of sp³-hybridized carbons (Fsp3) is 0. The summed E-state index contributed by atoms with van der Waals surface area (Å²) in [6, 6.07) is 3.44. The van der Waals surface area contributed by atoms with E-state index in [2.05, 4.69) is 9.97 Å². The Morgan fingerprint density at radius 3 is 3.00 bits per heavy atom. The van der Waals surface area contributed by atoms with E-state index in [-0.39, 0.29) is 0 Å². The number of hydrogen-bond acceptors (Lipinski definition) is 3. The molecule has 0 aliphatic heterocycles. The summed E-state index contributed by atoms with van der Waals surface area (Å²) < 4.78 is 1.70. The zero-order valence-corrected chi connectivity index (χ0v) is 6.79. The van der Waals surface area contributed by atoms with Gasteiger partial charge < -0.3 is 0 Å². The van der Waals surface area contributed by atoms with E-state index in [1.807, 2.05) is 0 Å². The SMILES string of the molecule is O=Cc1cccnc1-n1ccnc1. The molecule has 0 aromatic carbocycles. The Kier molecular flexibility index (Phi) is 1.88. The predicted octanol–water partition coefficient (Wildman–Crippen LogP) is 1.08. The lowest BCUT2D eigenvalue weighted by Crippen LogP contribution is -1.98. The van der Waals surface area contributed by atoms with Gasteiger partial charge in [0, 0.05) is 18.6 Å². The molecule has 0 radical (unpaired) electrons. The molecule has 2 aromatic rings. The lowest BCUT2D eigenvalue weighted by atomic mass is 10.3. The normalized spacial score (nSPS) is 9.85. The first kappa shape index (κ1) is 7.67. The number of nitrogens with zero attached hydrogens (tertiary/aromatic N) is 3. The van der Waals surface area contributed by atoms with Crippen molar-refractivity contribution in [1.82, 2.24) is 14.5 Å². The molecule has 0 amide bonds. The molecule has 0 saturated heterocycles. The van der Waals surface area contributed by atoms with Crippen LogP contribution in [0.25, 0.3) is 5.82 Å². The molecule has 4 heteroatoms. The summed E-state index contributed by atoms with van der Waals surface area (Å²) in [5.41, 5.74) is 0.556. The zero-order valence-electron chi connectivity index (χ0n) is 6.79. The van der Waals surface area contributed by atoms with Gasteiger partial charge in [0.2, 0.25) is 0 Å². The number of pyridine rings is 1. The van der Waals surface area contributed by atoms with Gasteiger partial charge in [-0.3, -0.25) is 9.36 Å². The third-order valence-electron chi connectivity index (χ3n) is 1.69. The highest BCUT2D eigenvalue weighted by Crippen LogP contribution is 2.07. The minimum atomic E-state index is 0.556.